The number of para-hydroxylation sites is 1. The first kappa shape index (κ1) is 13.8. The maximum atomic E-state index is 11.2. The fourth-order valence-corrected chi connectivity index (χ4v) is 1.94. The molecule has 6 nitrogen and oxygen atoms in total. The summed E-state index contributed by atoms with van der Waals surface area (Å²) in [6.45, 7) is 3.49. The first-order valence-electron chi connectivity index (χ1n) is 4.99. The average molecular weight is 259 g/mol. The molecule has 0 bridgehead atoms. The van der Waals surface area contributed by atoms with Crippen LogP contribution in [0.3, 0.4) is 0 Å². The van der Waals surface area contributed by atoms with Gasteiger partial charge in [0.15, 0.2) is 0 Å². The molecule has 0 aliphatic carbocycles. The summed E-state index contributed by atoms with van der Waals surface area (Å²) in [5.74, 6) is 0. The number of nitrogen functional groups attached to an aromatic ring is 1. The lowest BCUT2D eigenvalue weighted by Gasteiger charge is -2.20. The van der Waals surface area contributed by atoms with Gasteiger partial charge in [0.25, 0.3) is 0 Å². The number of anilines is 2. The number of aliphatic hydroxyl groups is 1. The molecule has 0 aliphatic heterocycles. The Hall–Kier alpha value is -1.31. The molecule has 0 spiro atoms. The molecule has 17 heavy (non-hydrogen) atoms. The fourth-order valence-electron chi connectivity index (χ4n) is 1.26. The van der Waals surface area contributed by atoms with Crippen molar-refractivity contribution in [3.8, 4) is 0 Å². The van der Waals surface area contributed by atoms with Gasteiger partial charge < -0.3 is 16.2 Å². The van der Waals surface area contributed by atoms with E-state index in [0.717, 1.165) is 0 Å². The van der Waals surface area contributed by atoms with Gasteiger partial charge >= 0.3 is 0 Å². The number of nitrogens with two attached hydrogens (primary N) is 2. The Morgan fingerprint density at radius 3 is 2.47 bits per heavy atom. The third-order valence-electron chi connectivity index (χ3n) is 2.08. The van der Waals surface area contributed by atoms with E-state index in [9.17, 15) is 13.5 Å². The van der Waals surface area contributed by atoms with Gasteiger partial charge in [-0.1, -0.05) is 6.07 Å². The number of benzene rings is 1. The van der Waals surface area contributed by atoms with Gasteiger partial charge in [0.05, 0.1) is 17.0 Å². The van der Waals surface area contributed by atoms with Crippen LogP contribution in [0.15, 0.2) is 23.1 Å². The highest BCUT2D eigenvalue weighted by Gasteiger charge is 2.17. The summed E-state index contributed by atoms with van der Waals surface area (Å²) < 4.78 is 22.5. The van der Waals surface area contributed by atoms with Crippen LogP contribution in [0.25, 0.3) is 0 Å². The van der Waals surface area contributed by atoms with Crippen LogP contribution < -0.4 is 16.2 Å². The summed E-state index contributed by atoms with van der Waals surface area (Å²) in [7, 11) is -3.84. The van der Waals surface area contributed by atoms with E-state index in [1.807, 2.05) is 0 Å². The maximum Gasteiger partial charge on any atom is 0.240 e. The van der Waals surface area contributed by atoms with Crippen LogP contribution in [0, 0.1) is 0 Å². The second-order valence-electron chi connectivity index (χ2n) is 4.43. The zero-order valence-corrected chi connectivity index (χ0v) is 10.6. The van der Waals surface area contributed by atoms with E-state index in [4.69, 9.17) is 10.9 Å². The van der Waals surface area contributed by atoms with Crippen molar-refractivity contribution in [2.75, 3.05) is 17.6 Å². The molecule has 96 valence electrons. The lowest BCUT2D eigenvalue weighted by molar-refractivity contribution is 0.0945. The smallest absolute Gasteiger partial charge is 0.240 e. The standard InChI is InChI=1S/C10H17N3O3S/c1-10(2,14)6-13-7-4-3-5-8(9(7)11)17(12,15)16/h3-5,13-14H,6,11H2,1-2H3,(H2,12,15,16). The van der Waals surface area contributed by atoms with Crippen LogP contribution in [0.4, 0.5) is 11.4 Å². The molecule has 6 N–H and O–H groups in total. The van der Waals surface area contributed by atoms with Gasteiger partial charge in [0.2, 0.25) is 10.0 Å². The van der Waals surface area contributed by atoms with Crippen LogP contribution >= 0.6 is 0 Å². The van der Waals surface area contributed by atoms with Gasteiger partial charge in [0.1, 0.15) is 4.90 Å². The average Bonchev–Trinajstić information content (AvgIpc) is 2.13. The molecule has 0 aliphatic rings. The highest BCUT2D eigenvalue weighted by Crippen LogP contribution is 2.25. The zero-order chi connectivity index (χ0) is 13.3. The van der Waals surface area contributed by atoms with Crippen molar-refractivity contribution in [3.05, 3.63) is 18.2 Å². The van der Waals surface area contributed by atoms with Gasteiger partial charge in [-0.15, -0.1) is 0 Å². The van der Waals surface area contributed by atoms with Gasteiger partial charge in [-0.25, -0.2) is 13.6 Å². The molecule has 1 aromatic rings. The largest absolute Gasteiger partial charge is 0.396 e. The Balaban J connectivity index is 3.04. The van der Waals surface area contributed by atoms with E-state index in [2.05, 4.69) is 5.32 Å². The molecule has 0 unspecified atom stereocenters. The van der Waals surface area contributed by atoms with Gasteiger partial charge in [-0.2, -0.15) is 0 Å². The minimum absolute atomic E-state index is 0.0549. The molecule has 1 rings (SSSR count). The second-order valence-corrected chi connectivity index (χ2v) is 5.96. The lowest BCUT2D eigenvalue weighted by Crippen LogP contribution is -2.29. The SMILES string of the molecule is CC(C)(O)CNc1cccc(S(N)(=O)=O)c1N. The molecule has 1 aromatic carbocycles. The topological polar surface area (TPSA) is 118 Å². The quantitative estimate of drug-likeness (QED) is 0.572. The van der Waals surface area contributed by atoms with E-state index in [1.165, 1.54) is 12.1 Å². The zero-order valence-electron chi connectivity index (χ0n) is 9.77. The highest BCUT2D eigenvalue weighted by atomic mass is 32.2. The van der Waals surface area contributed by atoms with Crippen molar-refractivity contribution in [2.24, 2.45) is 5.14 Å². The predicted octanol–water partition coefficient (Wildman–Crippen LogP) is 0.0990. The monoisotopic (exact) mass is 259 g/mol. The van der Waals surface area contributed by atoms with Gasteiger partial charge in [-0.05, 0) is 26.0 Å². The molecule has 0 amide bonds. The first-order valence-corrected chi connectivity index (χ1v) is 6.53. The second kappa shape index (κ2) is 4.52. The molecule has 0 saturated heterocycles. The summed E-state index contributed by atoms with van der Waals surface area (Å²) in [5, 5.41) is 17.4. The molecule has 0 aromatic heterocycles. The summed E-state index contributed by atoms with van der Waals surface area (Å²) in [6.07, 6.45) is 0. The van der Waals surface area contributed by atoms with Crippen molar-refractivity contribution >= 4 is 21.4 Å². The number of rotatable bonds is 4. The van der Waals surface area contributed by atoms with Crippen molar-refractivity contribution in [1.82, 2.24) is 0 Å². The summed E-state index contributed by atoms with van der Waals surface area (Å²) >= 11 is 0. The van der Waals surface area contributed by atoms with Crippen molar-refractivity contribution in [1.29, 1.82) is 0 Å². The Kier molecular flexibility index (Phi) is 3.65. The first-order chi connectivity index (χ1) is 7.61. The van der Waals surface area contributed by atoms with Crippen LogP contribution in [0.5, 0.6) is 0 Å². The molecular weight excluding hydrogens is 242 g/mol. The van der Waals surface area contributed by atoms with E-state index >= 15 is 0 Å². The molecule has 0 saturated carbocycles. The maximum absolute atomic E-state index is 11.2. The third-order valence-corrected chi connectivity index (χ3v) is 3.05. The number of hydrogen-bond acceptors (Lipinski definition) is 5. The van der Waals surface area contributed by atoms with Gasteiger partial charge in [0, 0.05) is 6.54 Å². The van der Waals surface area contributed by atoms with Crippen molar-refractivity contribution < 1.29 is 13.5 Å². The number of sulfonamides is 1. The number of hydrogen-bond donors (Lipinski definition) is 4. The Labute approximate surface area is 101 Å². The highest BCUT2D eigenvalue weighted by molar-refractivity contribution is 7.89. The molecule has 0 heterocycles. The van der Waals surface area contributed by atoms with E-state index in [-0.39, 0.29) is 17.1 Å². The Morgan fingerprint density at radius 1 is 1.41 bits per heavy atom. The summed E-state index contributed by atoms with van der Waals surface area (Å²) in [4.78, 5) is -0.127. The molecule has 7 heteroatoms. The number of nitrogens with one attached hydrogen (secondary N) is 1. The Bertz CT molecular complexity index is 506. The van der Waals surface area contributed by atoms with E-state index < -0.39 is 15.6 Å². The van der Waals surface area contributed by atoms with Crippen LogP contribution in [0.1, 0.15) is 13.8 Å². The predicted molar refractivity (Wildman–Crippen MR) is 67.0 cm³/mol. The number of primary sulfonamides is 1. The fraction of sp³-hybridized carbons (Fsp3) is 0.400. The third kappa shape index (κ3) is 3.88. The minimum Gasteiger partial charge on any atom is -0.396 e. The van der Waals surface area contributed by atoms with Crippen LogP contribution in [-0.4, -0.2) is 25.7 Å². The minimum atomic E-state index is -3.84. The molecule has 0 radical (unpaired) electrons. The molecule has 0 atom stereocenters. The molecular formula is C10H17N3O3S. The van der Waals surface area contributed by atoms with Crippen LogP contribution in [0.2, 0.25) is 0 Å². The van der Waals surface area contributed by atoms with Gasteiger partial charge in [-0.3, -0.25) is 0 Å². The van der Waals surface area contributed by atoms with E-state index in [1.54, 1.807) is 19.9 Å². The Morgan fingerprint density at radius 2 is 2.00 bits per heavy atom. The summed E-state index contributed by atoms with van der Waals surface area (Å²) in [5.41, 5.74) is 5.25. The lowest BCUT2D eigenvalue weighted by atomic mass is 10.1. The molecule has 0 fully saturated rings. The normalized spacial score (nSPS) is 12.5. The summed E-state index contributed by atoms with van der Waals surface area (Å²) in [6, 6.07) is 4.48. The van der Waals surface area contributed by atoms with Crippen molar-refractivity contribution in [2.45, 2.75) is 24.3 Å². The van der Waals surface area contributed by atoms with E-state index in [0.29, 0.717) is 5.69 Å². The van der Waals surface area contributed by atoms with Crippen LogP contribution in [-0.2, 0) is 10.0 Å². The van der Waals surface area contributed by atoms with Crippen molar-refractivity contribution in [3.63, 3.8) is 0 Å².